The van der Waals surface area contributed by atoms with E-state index >= 15 is 0 Å². The van der Waals surface area contributed by atoms with Crippen LogP contribution in [0.1, 0.15) is 18.4 Å². The van der Waals surface area contributed by atoms with Crippen LogP contribution in [0, 0.1) is 0 Å². The molecule has 2 rings (SSSR count). The number of aliphatic hydroxyl groups is 1. The molecule has 2 nitrogen and oxygen atoms in total. The van der Waals surface area contributed by atoms with Gasteiger partial charge in [-0.15, -0.1) is 0 Å². The normalized spacial score (nSPS) is 22.3. The third-order valence-electron chi connectivity index (χ3n) is 2.82. The Hall–Kier alpha value is -0.280. The molecular weight excluding hydrogens is 247 g/mol. The standard InChI is InChI=1S/C12H14Cl2O2/c13-9-4-3-8(6-10(9)14)7-11(15)12-2-1-5-16-12/h3-4,6,11-12,15H,1-2,5,7H2. The van der Waals surface area contributed by atoms with Gasteiger partial charge in [0.1, 0.15) is 0 Å². The van der Waals surface area contributed by atoms with E-state index in [9.17, 15) is 5.11 Å². The molecule has 16 heavy (non-hydrogen) atoms. The van der Waals surface area contributed by atoms with Gasteiger partial charge in [-0.25, -0.2) is 0 Å². The fourth-order valence-electron chi connectivity index (χ4n) is 1.95. The summed E-state index contributed by atoms with van der Waals surface area (Å²) in [5.41, 5.74) is 0.984. The third kappa shape index (κ3) is 2.89. The van der Waals surface area contributed by atoms with Crippen molar-refractivity contribution in [2.45, 2.75) is 31.5 Å². The molecule has 1 heterocycles. The molecule has 0 radical (unpaired) electrons. The molecule has 0 saturated carbocycles. The van der Waals surface area contributed by atoms with Gasteiger partial charge in [-0.2, -0.15) is 0 Å². The summed E-state index contributed by atoms with van der Waals surface area (Å²) < 4.78 is 5.43. The molecule has 2 unspecified atom stereocenters. The summed E-state index contributed by atoms with van der Waals surface area (Å²) in [5.74, 6) is 0. The van der Waals surface area contributed by atoms with Crippen LogP contribution < -0.4 is 0 Å². The maximum absolute atomic E-state index is 9.96. The van der Waals surface area contributed by atoms with Gasteiger partial charge < -0.3 is 9.84 Å². The third-order valence-corrected chi connectivity index (χ3v) is 3.56. The van der Waals surface area contributed by atoms with E-state index in [1.54, 1.807) is 12.1 Å². The van der Waals surface area contributed by atoms with Crippen molar-refractivity contribution >= 4 is 23.2 Å². The van der Waals surface area contributed by atoms with Crippen molar-refractivity contribution < 1.29 is 9.84 Å². The zero-order chi connectivity index (χ0) is 11.5. The first-order valence-electron chi connectivity index (χ1n) is 5.40. The SMILES string of the molecule is OC(Cc1ccc(Cl)c(Cl)c1)C1CCCO1. The number of halogens is 2. The molecule has 0 aromatic heterocycles. The smallest absolute Gasteiger partial charge is 0.0842 e. The van der Waals surface area contributed by atoms with Crippen LogP contribution in [0.2, 0.25) is 10.0 Å². The predicted molar refractivity (Wildman–Crippen MR) is 65.1 cm³/mol. The zero-order valence-corrected chi connectivity index (χ0v) is 10.3. The van der Waals surface area contributed by atoms with Gasteiger partial charge in [-0.1, -0.05) is 29.3 Å². The van der Waals surface area contributed by atoms with E-state index in [1.807, 2.05) is 6.07 Å². The number of ether oxygens (including phenoxy) is 1. The average molecular weight is 261 g/mol. The summed E-state index contributed by atoms with van der Waals surface area (Å²) in [4.78, 5) is 0. The quantitative estimate of drug-likeness (QED) is 0.906. The maximum atomic E-state index is 9.96. The largest absolute Gasteiger partial charge is 0.390 e. The van der Waals surface area contributed by atoms with Crippen molar-refractivity contribution in [2.75, 3.05) is 6.61 Å². The summed E-state index contributed by atoms with van der Waals surface area (Å²) in [6.07, 6.45) is 2.03. The monoisotopic (exact) mass is 260 g/mol. The Morgan fingerprint density at radius 1 is 1.38 bits per heavy atom. The van der Waals surface area contributed by atoms with Crippen LogP contribution in [0.5, 0.6) is 0 Å². The summed E-state index contributed by atoms with van der Waals surface area (Å²) >= 11 is 11.7. The zero-order valence-electron chi connectivity index (χ0n) is 8.83. The Balaban J connectivity index is 1.99. The molecule has 2 atom stereocenters. The predicted octanol–water partition coefficient (Wildman–Crippen LogP) is 3.08. The molecule has 88 valence electrons. The van der Waals surface area contributed by atoms with Crippen LogP contribution in [0.25, 0.3) is 0 Å². The van der Waals surface area contributed by atoms with Crippen molar-refractivity contribution in [3.05, 3.63) is 33.8 Å². The molecule has 0 amide bonds. The molecular formula is C12H14Cl2O2. The number of hydrogen-bond acceptors (Lipinski definition) is 2. The first-order valence-corrected chi connectivity index (χ1v) is 6.16. The van der Waals surface area contributed by atoms with Crippen molar-refractivity contribution in [3.63, 3.8) is 0 Å². The van der Waals surface area contributed by atoms with Crippen molar-refractivity contribution in [2.24, 2.45) is 0 Å². The van der Waals surface area contributed by atoms with E-state index in [2.05, 4.69) is 0 Å². The van der Waals surface area contributed by atoms with E-state index in [-0.39, 0.29) is 6.10 Å². The van der Waals surface area contributed by atoms with Crippen LogP contribution >= 0.6 is 23.2 Å². The van der Waals surface area contributed by atoms with E-state index in [1.165, 1.54) is 0 Å². The Bertz CT molecular complexity index is 362. The maximum Gasteiger partial charge on any atom is 0.0842 e. The molecule has 1 N–H and O–H groups in total. The molecule has 0 spiro atoms. The van der Waals surface area contributed by atoms with E-state index in [4.69, 9.17) is 27.9 Å². The first-order chi connectivity index (χ1) is 7.66. The van der Waals surface area contributed by atoms with Gasteiger partial charge in [0.2, 0.25) is 0 Å². The number of aliphatic hydroxyl groups excluding tert-OH is 1. The van der Waals surface area contributed by atoms with Crippen molar-refractivity contribution in [3.8, 4) is 0 Å². The lowest BCUT2D eigenvalue weighted by atomic mass is 10.0. The minimum Gasteiger partial charge on any atom is -0.390 e. The fraction of sp³-hybridized carbons (Fsp3) is 0.500. The topological polar surface area (TPSA) is 29.5 Å². The summed E-state index contributed by atoms with van der Waals surface area (Å²) in [5, 5.41) is 11.0. The number of rotatable bonds is 3. The molecule has 1 aromatic carbocycles. The van der Waals surface area contributed by atoms with Crippen molar-refractivity contribution in [1.29, 1.82) is 0 Å². The lowest BCUT2D eigenvalue weighted by molar-refractivity contribution is -0.000770. The van der Waals surface area contributed by atoms with Gasteiger partial charge in [-0.3, -0.25) is 0 Å². The van der Waals surface area contributed by atoms with Gasteiger partial charge in [0, 0.05) is 13.0 Å². The Morgan fingerprint density at radius 3 is 2.81 bits per heavy atom. The van der Waals surface area contributed by atoms with Crippen LogP contribution in [-0.2, 0) is 11.2 Å². The Kier molecular flexibility index (Phi) is 4.09. The minimum atomic E-state index is -0.459. The van der Waals surface area contributed by atoms with Crippen LogP contribution in [-0.4, -0.2) is 23.9 Å². The van der Waals surface area contributed by atoms with Crippen LogP contribution in [0.3, 0.4) is 0 Å². The summed E-state index contributed by atoms with van der Waals surface area (Å²) in [7, 11) is 0. The van der Waals surface area contributed by atoms with Crippen molar-refractivity contribution in [1.82, 2.24) is 0 Å². The summed E-state index contributed by atoms with van der Waals surface area (Å²) in [6.45, 7) is 0.753. The lowest BCUT2D eigenvalue weighted by Crippen LogP contribution is -2.27. The van der Waals surface area contributed by atoms with Gasteiger partial charge in [0.15, 0.2) is 0 Å². The first kappa shape index (κ1) is 12.2. The highest BCUT2D eigenvalue weighted by molar-refractivity contribution is 6.42. The van der Waals surface area contributed by atoms with E-state index in [0.717, 1.165) is 25.0 Å². The Labute approximate surface area is 105 Å². The number of benzene rings is 1. The molecule has 1 fully saturated rings. The molecule has 4 heteroatoms. The van der Waals surface area contributed by atoms with Crippen LogP contribution in [0.15, 0.2) is 18.2 Å². The van der Waals surface area contributed by atoms with Crippen LogP contribution in [0.4, 0.5) is 0 Å². The van der Waals surface area contributed by atoms with E-state index in [0.29, 0.717) is 16.5 Å². The van der Waals surface area contributed by atoms with E-state index < -0.39 is 6.10 Å². The highest BCUT2D eigenvalue weighted by Gasteiger charge is 2.24. The molecule has 1 aliphatic rings. The minimum absolute atomic E-state index is 0.0329. The van der Waals surface area contributed by atoms with Gasteiger partial charge in [0.05, 0.1) is 22.3 Å². The highest BCUT2D eigenvalue weighted by atomic mass is 35.5. The highest BCUT2D eigenvalue weighted by Crippen LogP contribution is 2.24. The van der Waals surface area contributed by atoms with Gasteiger partial charge in [-0.05, 0) is 30.5 Å². The average Bonchev–Trinajstić information content (AvgIpc) is 2.77. The number of hydrogen-bond donors (Lipinski definition) is 1. The summed E-state index contributed by atoms with van der Waals surface area (Å²) in [6, 6.07) is 5.43. The molecule has 0 aliphatic carbocycles. The molecule has 1 aromatic rings. The molecule has 1 aliphatic heterocycles. The molecule has 1 saturated heterocycles. The van der Waals surface area contributed by atoms with Gasteiger partial charge in [0.25, 0.3) is 0 Å². The lowest BCUT2D eigenvalue weighted by Gasteiger charge is -2.17. The van der Waals surface area contributed by atoms with Gasteiger partial charge >= 0.3 is 0 Å². The second-order valence-corrected chi connectivity index (χ2v) is 4.89. The molecule has 0 bridgehead atoms. The second kappa shape index (κ2) is 5.37. The fourth-order valence-corrected chi connectivity index (χ4v) is 2.27. The Morgan fingerprint density at radius 2 is 2.19 bits per heavy atom. The second-order valence-electron chi connectivity index (χ2n) is 4.07.